The summed E-state index contributed by atoms with van der Waals surface area (Å²) in [5.41, 5.74) is 0.970. The fourth-order valence-electron chi connectivity index (χ4n) is 3.66. The van der Waals surface area contributed by atoms with E-state index in [0.717, 1.165) is 12.1 Å². The number of rotatable bonds is 3. The first kappa shape index (κ1) is 20.5. The predicted octanol–water partition coefficient (Wildman–Crippen LogP) is 4.34. The summed E-state index contributed by atoms with van der Waals surface area (Å²) in [5, 5.41) is 0. The van der Waals surface area contributed by atoms with Crippen LogP contribution >= 0.6 is 12.2 Å². The van der Waals surface area contributed by atoms with Gasteiger partial charge in [0.1, 0.15) is 5.82 Å². The van der Waals surface area contributed by atoms with E-state index in [2.05, 4.69) is 9.97 Å². The van der Waals surface area contributed by atoms with Crippen molar-refractivity contribution in [1.82, 2.24) is 19.8 Å². The molecule has 0 spiro atoms. The largest absolute Gasteiger partial charge is 0.416 e. The average molecular weight is 438 g/mol. The van der Waals surface area contributed by atoms with E-state index in [-0.39, 0.29) is 11.5 Å². The molecule has 30 heavy (non-hydrogen) atoms. The zero-order valence-corrected chi connectivity index (χ0v) is 16.5. The van der Waals surface area contributed by atoms with Gasteiger partial charge in [-0.3, -0.25) is 9.69 Å². The summed E-state index contributed by atoms with van der Waals surface area (Å²) in [6.07, 6.45) is -4.38. The lowest BCUT2D eigenvalue weighted by Gasteiger charge is -2.35. The van der Waals surface area contributed by atoms with Crippen LogP contribution in [0, 0.1) is 10.6 Å². The Morgan fingerprint density at radius 3 is 2.50 bits per heavy atom. The summed E-state index contributed by atoms with van der Waals surface area (Å²) in [7, 11) is 0. The summed E-state index contributed by atoms with van der Waals surface area (Å²) >= 11 is 5.03. The van der Waals surface area contributed by atoms with Crippen LogP contribution in [0.4, 0.5) is 17.6 Å². The van der Waals surface area contributed by atoms with E-state index in [9.17, 15) is 22.4 Å². The standard InChI is InChI=1S/C20H18F4N4OS/c21-14-9-15(17-16(10-14)25-19(30)26-17)18(29)28-6-4-27(5-7-28)11-12-2-1-3-13(8-12)20(22,23)24/h1-3,8-10H,4-7,11H2,(H2,25,26,30). The maximum atomic E-state index is 13.9. The second kappa shape index (κ2) is 7.84. The van der Waals surface area contributed by atoms with Crippen molar-refractivity contribution < 1.29 is 22.4 Å². The molecule has 3 aromatic rings. The van der Waals surface area contributed by atoms with Crippen molar-refractivity contribution in [3.63, 3.8) is 0 Å². The molecule has 1 fully saturated rings. The lowest BCUT2D eigenvalue weighted by atomic mass is 10.1. The number of benzene rings is 2. The quantitative estimate of drug-likeness (QED) is 0.473. The van der Waals surface area contributed by atoms with Gasteiger partial charge >= 0.3 is 6.18 Å². The fourth-order valence-corrected chi connectivity index (χ4v) is 3.87. The molecule has 1 aromatic heterocycles. The van der Waals surface area contributed by atoms with Crippen molar-refractivity contribution in [2.75, 3.05) is 26.2 Å². The van der Waals surface area contributed by atoms with Gasteiger partial charge in [0.2, 0.25) is 0 Å². The number of fused-ring (bicyclic) bond motifs is 1. The third kappa shape index (κ3) is 4.24. The molecule has 0 radical (unpaired) electrons. The number of aromatic amines is 2. The van der Waals surface area contributed by atoms with Crippen molar-refractivity contribution in [2.24, 2.45) is 0 Å². The van der Waals surface area contributed by atoms with Crippen LogP contribution in [0.5, 0.6) is 0 Å². The van der Waals surface area contributed by atoms with E-state index in [1.54, 1.807) is 11.0 Å². The normalized spacial score (nSPS) is 15.7. The molecule has 5 nitrogen and oxygen atoms in total. The second-order valence-electron chi connectivity index (χ2n) is 7.22. The van der Waals surface area contributed by atoms with Gasteiger partial charge in [0.25, 0.3) is 5.91 Å². The number of nitrogens with zero attached hydrogens (tertiary/aromatic N) is 2. The summed E-state index contributed by atoms with van der Waals surface area (Å²) in [6.45, 7) is 2.15. The molecule has 10 heteroatoms. The molecule has 2 heterocycles. The molecule has 0 bridgehead atoms. The van der Waals surface area contributed by atoms with Crippen molar-refractivity contribution >= 4 is 29.2 Å². The van der Waals surface area contributed by atoms with Gasteiger partial charge < -0.3 is 14.9 Å². The smallest absolute Gasteiger partial charge is 0.336 e. The van der Waals surface area contributed by atoms with Crippen LogP contribution < -0.4 is 0 Å². The first-order valence-corrected chi connectivity index (χ1v) is 9.71. The monoisotopic (exact) mass is 438 g/mol. The fraction of sp³-hybridized carbons (Fsp3) is 0.300. The number of piperazine rings is 1. The maximum Gasteiger partial charge on any atom is 0.416 e. The highest BCUT2D eigenvalue weighted by atomic mass is 32.1. The Morgan fingerprint density at radius 1 is 1.07 bits per heavy atom. The molecule has 0 atom stereocenters. The number of hydrogen-bond acceptors (Lipinski definition) is 3. The second-order valence-corrected chi connectivity index (χ2v) is 7.63. The lowest BCUT2D eigenvalue weighted by Crippen LogP contribution is -2.48. The number of halogens is 4. The number of aromatic nitrogens is 2. The van der Waals surface area contributed by atoms with Gasteiger partial charge in [-0.05, 0) is 36.0 Å². The van der Waals surface area contributed by atoms with Crippen LogP contribution in [-0.4, -0.2) is 51.9 Å². The number of nitrogens with one attached hydrogen (secondary N) is 2. The summed E-state index contributed by atoms with van der Waals surface area (Å²) in [5.74, 6) is -0.859. The highest BCUT2D eigenvalue weighted by Crippen LogP contribution is 2.30. The SMILES string of the molecule is O=C(c1cc(F)cc2[nH]c(=S)[nH]c12)N1CCN(Cc2cccc(C(F)(F)F)c2)CC1. The Kier molecular flexibility index (Phi) is 5.37. The van der Waals surface area contributed by atoms with Crippen LogP contribution in [0.3, 0.4) is 0 Å². The van der Waals surface area contributed by atoms with E-state index in [0.29, 0.717) is 54.1 Å². The highest BCUT2D eigenvalue weighted by Gasteiger charge is 2.30. The minimum Gasteiger partial charge on any atom is -0.336 e. The Hall–Kier alpha value is -2.72. The molecule has 0 unspecified atom stereocenters. The van der Waals surface area contributed by atoms with Crippen LogP contribution in [-0.2, 0) is 12.7 Å². The zero-order valence-electron chi connectivity index (χ0n) is 15.7. The topological polar surface area (TPSA) is 55.1 Å². The first-order valence-electron chi connectivity index (χ1n) is 9.30. The number of imidazole rings is 1. The minimum absolute atomic E-state index is 0.198. The summed E-state index contributed by atoms with van der Waals surface area (Å²) < 4.78 is 52.9. The molecule has 0 saturated carbocycles. The van der Waals surface area contributed by atoms with E-state index in [1.807, 2.05) is 4.90 Å². The average Bonchev–Trinajstić information content (AvgIpc) is 3.07. The molecule has 158 valence electrons. The Bertz CT molecular complexity index is 1150. The van der Waals surface area contributed by atoms with Gasteiger partial charge in [-0.1, -0.05) is 18.2 Å². The van der Waals surface area contributed by atoms with E-state index in [1.165, 1.54) is 18.2 Å². The van der Waals surface area contributed by atoms with Crippen molar-refractivity contribution in [1.29, 1.82) is 0 Å². The molecule has 4 rings (SSSR count). The Morgan fingerprint density at radius 2 is 1.80 bits per heavy atom. The molecule has 1 amide bonds. The number of hydrogen-bond donors (Lipinski definition) is 2. The zero-order chi connectivity index (χ0) is 21.5. The van der Waals surface area contributed by atoms with Gasteiger partial charge in [-0.2, -0.15) is 13.2 Å². The lowest BCUT2D eigenvalue weighted by molar-refractivity contribution is -0.137. The van der Waals surface area contributed by atoms with Crippen molar-refractivity contribution in [3.8, 4) is 0 Å². The molecular formula is C20H18F4N4OS. The number of alkyl halides is 3. The number of H-pyrrole nitrogens is 2. The Labute approximate surface area is 174 Å². The minimum atomic E-state index is -4.38. The van der Waals surface area contributed by atoms with Crippen LogP contribution in [0.2, 0.25) is 0 Å². The molecule has 1 aliphatic heterocycles. The first-order chi connectivity index (χ1) is 14.2. The molecule has 1 aliphatic rings. The van der Waals surface area contributed by atoms with E-state index in [4.69, 9.17) is 12.2 Å². The molecular weight excluding hydrogens is 420 g/mol. The summed E-state index contributed by atoms with van der Waals surface area (Å²) in [4.78, 5) is 22.2. The number of amides is 1. The maximum absolute atomic E-state index is 13.9. The summed E-state index contributed by atoms with van der Waals surface area (Å²) in [6, 6.07) is 7.70. The molecule has 2 aromatic carbocycles. The molecule has 1 saturated heterocycles. The van der Waals surface area contributed by atoms with E-state index >= 15 is 0 Å². The van der Waals surface area contributed by atoms with Gasteiger partial charge in [0.05, 0.1) is 22.2 Å². The third-order valence-electron chi connectivity index (χ3n) is 5.14. The van der Waals surface area contributed by atoms with Gasteiger partial charge in [0.15, 0.2) is 4.77 Å². The van der Waals surface area contributed by atoms with Gasteiger partial charge in [0, 0.05) is 32.7 Å². The van der Waals surface area contributed by atoms with Crippen molar-refractivity contribution in [2.45, 2.75) is 12.7 Å². The predicted molar refractivity (Wildman–Crippen MR) is 106 cm³/mol. The van der Waals surface area contributed by atoms with Crippen LogP contribution in [0.25, 0.3) is 11.0 Å². The van der Waals surface area contributed by atoms with Gasteiger partial charge in [-0.25, -0.2) is 4.39 Å². The highest BCUT2D eigenvalue weighted by molar-refractivity contribution is 7.71. The van der Waals surface area contributed by atoms with Crippen molar-refractivity contribution in [3.05, 3.63) is 63.7 Å². The molecule has 0 aliphatic carbocycles. The number of carbonyl (C=O) groups excluding carboxylic acids is 1. The molecule has 2 N–H and O–H groups in total. The van der Waals surface area contributed by atoms with Gasteiger partial charge in [-0.15, -0.1) is 0 Å². The Balaban J connectivity index is 1.44. The van der Waals surface area contributed by atoms with E-state index < -0.39 is 17.6 Å². The van der Waals surface area contributed by atoms with Crippen LogP contribution in [0.15, 0.2) is 36.4 Å². The third-order valence-corrected chi connectivity index (χ3v) is 5.34. The van der Waals surface area contributed by atoms with Crippen LogP contribution in [0.1, 0.15) is 21.5 Å². The number of carbonyl (C=O) groups is 1.